The summed E-state index contributed by atoms with van der Waals surface area (Å²) in [7, 11) is 1.32. The molecule has 5 heteroatoms. The highest BCUT2D eigenvalue weighted by Crippen LogP contribution is 2.25. The Morgan fingerprint density at radius 1 is 1.26 bits per heavy atom. The molecule has 0 radical (unpaired) electrons. The second kappa shape index (κ2) is 8.37. The van der Waals surface area contributed by atoms with E-state index in [9.17, 15) is 4.79 Å². The Kier molecular flexibility index (Phi) is 6.74. The van der Waals surface area contributed by atoms with Crippen molar-refractivity contribution in [3.05, 3.63) is 23.8 Å². The predicted octanol–water partition coefficient (Wildman–Crippen LogP) is 2.25. The molecular weight excluding hydrogens is 246 g/mol. The van der Waals surface area contributed by atoms with Crippen molar-refractivity contribution in [3.8, 4) is 5.75 Å². The summed E-state index contributed by atoms with van der Waals surface area (Å²) in [5.41, 5.74) is 6.46. The summed E-state index contributed by atoms with van der Waals surface area (Å²) in [6.07, 6.45) is 2.15. The van der Waals surface area contributed by atoms with E-state index in [4.69, 9.17) is 15.2 Å². The van der Waals surface area contributed by atoms with Crippen molar-refractivity contribution in [2.24, 2.45) is 0 Å². The van der Waals surface area contributed by atoms with Crippen molar-refractivity contribution in [1.29, 1.82) is 0 Å². The maximum absolute atomic E-state index is 11.5. The lowest BCUT2D eigenvalue weighted by atomic mass is 10.1. The van der Waals surface area contributed by atoms with Crippen molar-refractivity contribution in [2.45, 2.75) is 19.8 Å². The smallest absolute Gasteiger partial charge is 0.340 e. The molecule has 0 aliphatic heterocycles. The molecule has 0 amide bonds. The Morgan fingerprint density at radius 2 is 2.05 bits per heavy atom. The number of unbranched alkanes of at least 4 members (excludes halogenated alkanes) is 1. The Balaban J connectivity index is 2.48. The number of carbonyl (C=O) groups is 1. The predicted molar refractivity (Wildman–Crippen MR) is 73.4 cm³/mol. The molecule has 0 atom stereocenters. The zero-order valence-electron chi connectivity index (χ0n) is 11.5. The van der Waals surface area contributed by atoms with E-state index in [1.807, 2.05) is 0 Å². The van der Waals surface area contributed by atoms with Crippen LogP contribution >= 0.6 is 0 Å². The molecule has 19 heavy (non-hydrogen) atoms. The number of para-hydroxylation sites is 1. The summed E-state index contributed by atoms with van der Waals surface area (Å²) < 4.78 is 15.5. The number of carbonyl (C=O) groups excluding carboxylic acids is 1. The molecule has 1 rings (SSSR count). The minimum absolute atomic E-state index is 0.294. The van der Waals surface area contributed by atoms with Crippen LogP contribution in [-0.2, 0) is 9.47 Å². The first kappa shape index (κ1) is 15.3. The summed E-state index contributed by atoms with van der Waals surface area (Å²) >= 11 is 0. The third-order valence-electron chi connectivity index (χ3n) is 2.60. The number of anilines is 1. The fourth-order valence-electron chi connectivity index (χ4n) is 1.52. The normalized spacial score (nSPS) is 10.2. The number of esters is 1. The Labute approximate surface area is 113 Å². The first-order valence-corrected chi connectivity index (χ1v) is 6.38. The third kappa shape index (κ3) is 4.79. The molecular formula is C14H21NO4. The number of rotatable bonds is 8. The van der Waals surface area contributed by atoms with E-state index in [0.29, 0.717) is 30.2 Å². The van der Waals surface area contributed by atoms with Gasteiger partial charge in [0, 0.05) is 6.61 Å². The second-order valence-electron chi connectivity index (χ2n) is 4.02. The van der Waals surface area contributed by atoms with Crippen LogP contribution in [-0.4, -0.2) is 32.9 Å². The number of nitrogens with two attached hydrogens (primary N) is 1. The van der Waals surface area contributed by atoms with Crippen LogP contribution in [0.15, 0.2) is 18.2 Å². The number of methoxy groups -OCH3 is 1. The average Bonchev–Trinajstić information content (AvgIpc) is 2.43. The van der Waals surface area contributed by atoms with Crippen LogP contribution in [0.3, 0.4) is 0 Å². The van der Waals surface area contributed by atoms with Gasteiger partial charge in [-0.25, -0.2) is 4.79 Å². The zero-order chi connectivity index (χ0) is 14.1. The standard InChI is InChI=1S/C14H21NO4/c1-3-4-8-18-9-10-19-12-7-5-6-11(13(12)15)14(16)17-2/h5-7H,3-4,8-10,15H2,1-2H3. The van der Waals surface area contributed by atoms with Crippen LogP contribution in [0.5, 0.6) is 5.75 Å². The molecule has 0 bridgehead atoms. The van der Waals surface area contributed by atoms with E-state index in [-0.39, 0.29) is 0 Å². The topological polar surface area (TPSA) is 70.8 Å². The molecule has 0 spiro atoms. The van der Waals surface area contributed by atoms with Gasteiger partial charge in [0.25, 0.3) is 0 Å². The number of benzene rings is 1. The molecule has 1 aromatic carbocycles. The number of ether oxygens (including phenoxy) is 3. The Bertz CT molecular complexity index is 406. The summed E-state index contributed by atoms with van der Waals surface area (Å²) in [5, 5.41) is 0. The number of hydrogen-bond donors (Lipinski definition) is 1. The monoisotopic (exact) mass is 267 g/mol. The molecule has 106 valence electrons. The third-order valence-corrected chi connectivity index (χ3v) is 2.60. The van der Waals surface area contributed by atoms with Gasteiger partial charge in [-0.3, -0.25) is 0 Å². The fourth-order valence-corrected chi connectivity index (χ4v) is 1.52. The van der Waals surface area contributed by atoms with Crippen molar-refractivity contribution in [2.75, 3.05) is 32.7 Å². The minimum atomic E-state index is -0.470. The Hall–Kier alpha value is -1.75. The van der Waals surface area contributed by atoms with Crippen molar-refractivity contribution in [1.82, 2.24) is 0 Å². The molecule has 0 heterocycles. The van der Waals surface area contributed by atoms with Gasteiger partial charge in [-0.05, 0) is 18.6 Å². The Morgan fingerprint density at radius 3 is 2.74 bits per heavy atom. The van der Waals surface area contributed by atoms with Gasteiger partial charge in [-0.1, -0.05) is 19.4 Å². The SMILES string of the molecule is CCCCOCCOc1cccc(C(=O)OC)c1N. The maximum Gasteiger partial charge on any atom is 0.340 e. The summed E-state index contributed by atoms with van der Waals surface area (Å²) in [5.74, 6) is 0.00383. The van der Waals surface area contributed by atoms with E-state index in [2.05, 4.69) is 11.7 Å². The molecule has 2 N–H and O–H groups in total. The quantitative estimate of drug-likeness (QED) is 0.444. The van der Waals surface area contributed by atoms with E-state index < -0.39 is 5.97 Å². The molecule has 0 fully saturated rings. The molecule has 0 aliphatic carbocycles. The van der Waals surface area contributed by atoms with Crippen molar-refractivity contribution >= 4 is 11.7 Å². The first-order valence-electron chi connectivity index (χ1n) is 6.38. The first-order chi connectivity index (χ1) is 9.20. The van der Waals surface area contributed by atoms with Crippen molar-refractivity contribution in [3.63, 3.8) is 0 Å². The average molecular weight is 267 g/mol. The lowest BCUT2D eigenvalue weighted by molar-refractivity contribution is 0.0601. The molecule has 1 aromatic rings. The van der Waals surface area contributed by atoms with Gasteiger partial charge in [-0.2, -0.15) is 0 Å². The van der Waals surface area contributed by atoms with Crippen LogP contribution in [0.2, 0.25) is 0 Å². The summed E-state index contributed by atoms with van der Waals surface area (Å²) in [4.78, 5) is 11.5. The van der Waals surface area contributed by atoms with Gasteiger partial charge < -0.3 is 19.9 Å². The second-order valence-corrected chi connectivity index (χ2v) is 4.02. The highest BCUT2D eigenvalue weighted by molar-refractivity contribution is 5.96. The highest BCUT2D eigenvalue weighted by Gasteiger charge is 2.13. The van der Waals surface area contributed by atoms with Crippen LogP contribution < -0.4 is 10.5 Å². The maximum atomic E-state index is 11.5. The van der Waals surface area contributed by atoms with E-state index >= 15 is 0 Å². The summed E-state index contributed by atoms with van der Waals surface area (Å²) in [6.45, 7) is 3.75. The fraction of sp³-hybridized carbons (Fsp3) is 0.500. The van der Waals surface area contributed by atoms with Crippen LogP contribution in [0.1, 0.15) is 30.1 Å². The molecule has 0 saturated heterocycles. The van der Waals surface area contributed by atoms with Gasteiger partial charge in [-0.15, -0.1) is 0 Å². The molecule has 0 aliphatic rings. The molecule has 0 unspecified atom stereocenters. The lowest BCUT2D eigenvalue weighted by Crippen LogP contribution is -2.11. The van der Waals surface area contributed by atoms with Gasteiger partial charge in [0.1, 0.15) is 12.4 Å². The van der Waals surface area contributed by atoms with E-state index in [0.717, 1.165) is 19.4 Å². The van der Waals surface area contributed by atoms with Gasteiger partial charge in [0.2, 0.25) is 0 Å². The van der Waals surface area contributed by atoms with Crippen LogP contribution in [0.25, 0.3) is 0 Å². The zero-order valence-corrected chi connectivity index (χ0v) is 11.5. The van der Waals surface area contributed by atoms with Crippen LogP contribution in [0, 0.1) is 0 Å². The molecule has 0 saturated carbocycles. The number of nitrogen functional groups attached to an aromatic ring is 1. The van der Waals surface area contributed by atoms with Crippen molar-refractivity contribution < 1.29 is 19.0 Å². The van der Waals surface area contributed by atoms with Crippen LogP contribution in [0.4, 0.5) is 5.69 Å². The van der Waals surface area contributed by atoms with E-state index in [1.165, 1.54) is 7.11 Å². The number of hydrogen-bond acceptors (Lipinski definition) is 5. The largest absolute Gasteiger partial charge is 0.489 e. The minimum Gasteiger partial charge on any atom is -0.489 e. The lowest BCUT2D eigenvalue weighted by Gasteiger charge is -2.11. The highest BCUT2D eigenvalue weighted by atomic mass is 16.5. The van der Waals surface area contributed by atoms with Gasteiger partial charge in [0.05, 0.1) is 25.0 Å². The molecule has 0 aromatic heterocycles. The molecule has 5 nitrogen and oxygen atoms in total. The van der Waals surface area contributed by atoms with Gasteiger partial charge in [0.15, 0.2) is 0 Å². The van der Waals surface area contributed by atoms with Gasteiger partial charge >= 0.3 is 5.97 Å². The van der Waals surface area contributed by atoms with E-state index in [1.54, 1.807) is 18.2 Å². The summed E-state index contributed by atoms with van der Waals surface area (Å²) in [6, 6.07) is 5.02.